The number of hydrogen-bond donors (Lipinski definition) is 2. The predicted molar refractivity (Wildman–Crippen MR) is 83.9 cm³/mol. The summed E-state index contributed by atoms with van der Waals surface area (Å²) < 4.78 is 3.39. The molecule has 1 amide bonds. The van der Waals surface area contributed by atoms with Crippen LogP contribution in [-0.2, 0) is 11.8 Å². The number of fused-ring (bicyclic) bond motifs is 1. The van der Waals surface area contributed by atoms with Crippen molar-refractivity contribution >= 4 is 17.4 Å². The van der Waals surface area contributed by atoms with Crippen molar-refractivity contribution in [1.82, 2.24) is 29.7 Å². The van der Waals surface area contributed by atoms with Gasteiger partial charge in [-0.15, -0.1) is 0 Å². The predicted octanol–water partition coefficient (Wildman–Crippen LogP) is 0.404. The lowest BCUT2D eigenvalue weighted by atomic mass is 9.90. The average molecular weight is 311 g/mol. The Hall–Kier alpha value is -2.74. The molecule has 0 bridgehead atoms. The maximum Gasteiger partial charge on any atom is 0.230 e. The Balaban J connectivity index is 1.57. The maximum atomic E-state index is 12.7. The first kappa shape index (κ1) is 13.9. The van der Waals surface area contributed by atoms with E-state index in [9.17, 15) is 4.79 Å². The third-order valence-corrected chi connectivity index (χ3v) is 4.25. The van der Waals surface area contributed by atoms with Gasteiger partial charge in [0.15, 0.2) is 5.65 Å². The van der Waals surface area contributed by atoms with Crippen LogP contribution in [0.4, 0.5) is 5.82 Å². The van der Waals surface area contributed by atoms with Crippen LogP contribution in [0.15, 0.2) is 36.9 Å². The van der Waals surface area contributed by atoms with E-state index in [2.05, 4.69) is 25.8 Å². The molecule has 1 fully saturated rings. The Morgan fingerprint density at radius 2 is 2.22 bits per heavy atom. The van der Waals surface area contributed by atoms with Crippen LogP contribution in [0.2, 0.25) is 0 Å². The number of aryl methyl sites for hydroxylation is 1. The van der Waals surface area contributed by atoms with Crippen molar-refractivity contribution in [3.05, 3.63) is 42.5 Å². The fourth-order valence-corrected chi connectivity index (χ4v) is 3.08. The minimum absolute atomic E-state index is 0.0214. The molecule has 118 valence electrons. The van der Waals surface area contributed by atoms with E-state index in [1.165, 1.54) is 0 Å². The Bertz CT molecular complexity index is 852. The Morgan fingerprint density at radius 3 is 3.04 bits per heavy atom. The minimum atomic E-state index is -0.141. The van der Waals surface area contributed by atoms with Crippen LogP contribution in [0.5, 0.6) is 0 Å². The molecule has 3 aromatic rings. The number of carbonyl (C=O) groups excluding carboxylic acids is 1. The van der Waals surface area contributed by atoms with Crippen molar-refractivity contribution in [2.45, 2.75) is 5.92 Å². The first-order chi connectivity index (χ1) is 11.2. The number of amides is 1. The summed E-state index contributed by atoms with van der Waals surface area (Å²) in [6.07, 6.45) is 7.12. The zero-order valence-corrected chi connectivity index (χ0v) is 12.7. The van der Waals surface area contributed by atoms with E-state index in [1.807, 2.05) is 19.4 Å². The standard InChI is InChI=1S/C15H17N7O/c1-21-9-10(6-19-21)11-7-16-8-12(11)15(23)20-14-2-4-17-13-3-5-18-22(13)14/h2-6,9,11-12,16H,7-8H2,1H3,(H,20,23)/t11-,12+/m1/s1. The summed E-state index contributed by atoms with van der Waals surface area (Å²) in [5.74, 6) is 0.588. The van der Waals surface area contributed by atoms with Gasteiger partial charge in [-0.2, -0.15) is 14.7 Å². The monoisotopic (exact) mass is 311 g/mol. The molecule has 8 heteroatoms. The molecule has 0 aliphatic carbocycles. The molecule has 0 aromatic carbocycles. The summed E-state index contributed by atoms with van der Waals surface area (Å²) >= 11 is 0. The third kappa shape index (κ3) is 2.46. The van der Waals surface area contributed by atoms with Gasteiger partial charge in [-0.05, 0) is 11.6 Å². The molecule has 4 heterocycles. The highest BCUT2D eigenvalue weighted by molar-refractivity contribution is 5.93. The van der Waals surface area contributed by atoms with Crippen molar-refractivity contribution < 1.29 is 4.79 Å². The highest BCUT2D eigenvalue weighted by Gasteiger charge is 2.35. The molecule has 8 nitrogen and oxygen atoms in total. The highest BCUT2D eigenvalue weighted by atomic mass is 16.2. The fraction of sp³-hybridized carbons (Fsp3) is 0.333. The summed E-state index contributed by atoms with van der Waals surface area (Å²) in [5.41, 5.74) is 1.78. The molecule has 4 rings (SSSR count). The summed E-state index contributed by atoms with van der Waals surface area (Å²) in [4.78, 5) is 16.9. The van der Waals surface area contributed by atoms with Gasteiger partial charge in [0.2, 0.25) is 5.91 Å². The molecule has 0 spiro atoms. The first-order valence-corrected chi connectivity index (χ1v) is 7.51. The van der Waals surface area contributed by atoms with Crippen LogP contribution in [-0.4, -0.2) is 43.4 Å². The number of hydrogen-bond acceptors (Lipinski definition) is 5. The second kappa shape index (κ2) is 5.47. The number of nitrogens with one attached hydrogen (secondary N) is 2. The summed E-state index contributed by atoms with van der Waals surface area (Å²) in [7, 11) is 1.88. The van der Waals surface area contributed by atoms with E-state index in [0.29, 0.717) is 18.0 Å². The van der Waals surface area contributed by atoms with Gasteiger partial charge in [-0.25, -0.2) is 4.98 Å². The molecule has 1 saturated heterocycles. The summed E-state index contributed by atoms with van der Waals surface area (Å²) in [6, 6.07) is 3.55. The second-order valence-electron chi connectivity index (χ2n) is 5.74. The zero-order chi connectivity index (χ0) is 15.8. The van der Waals surface area contributed by atoms with Crippen LogP contribution in [0.1, 0.15) is 11.5 Å². The zero-order valence-electron chi connectivity index (χ0n) is 12.7. The Kier molecular flexibility index (Phi) is 3.30. The molecule has 2 atom stereocenters. The van der Waals surface area contributed by atoms with Crippen LogP contribution < -0.4 is 10.6 Å². The molecule has 23 heavy (non-hydrogen) atoms. The van der Waals surface area contributed by atoms with Crippen molar-refractivity contribution in [2.75, 3.05) is 18.4 Å². The topological polar surface area (TPSA) is 89.1 Å². The number of carbonyl (C=O) groups is 1. The van der Waals surface area contributed by atoms with Gasteiger partial charge in [-0.1, -0.05) is 0 Å². The van der Waals surface area contributed by atoms with Crippen LogP contribution in [0, 0.1) is 5.92 Å². The molecule has 1 aliphatic heterocycles. The quantitative estimate of drug-likeness (QED) is 0.731. The van der Waals surface area contributed by atoms with Gasteiger partial charge >= 0.3 is 0 Å². The van der Waals surface area contributed by atoms with Crippen LogP contribution in [0.3, 0.4) is 0 Å². The van der Waals surface area contributed by atoms with E-state index in [-0.39, 0.29) is 17.7 Å². The SMILES string of the molecule is Cn1cc([C@H]2CNC[C@@H]2C(=O)Nc2ccnc3ccnn23)cn1. The average Bonchev–Trinajstić information content (AvgIpc) is 3.26. The lowest BCUT2D eigenvalue weighted by molar-refractivity contribution is -0.119. The number of aromatic nitrogens is 5. The molecular weight excluding hydrogens is 294 g/mol. The highest BCUT2D eigenvalue weighted by Crippen LogP contribution is 2.28. The molecule has 0 radical (unpaired) electrons. The molecular formula is C15H17N7O. The maximum absolute atomic E-state index is 12.7. The van der Waals surface area contributed by atoms with Crippen molar-refractivity contribution in [1.29, 1.82) is 0 Å². The van der Waals surface area contributed by atoms with Gasteiger partial charge in [-0.3, -0.25) is 9.48 Å². The van der Waals surface area contributed by atoms with E-state index >= 15 is 0 Å². The normalized spacial score (nSPS) is 20.9. The van der Waals surface area contributed by atoms with Gasteiger partial charge in [0.05, 0.1) is 18.3 Å². The minimum Gasteiger partial charge on any atom is -0.315 e. The number of rotatable bonds is 3. The molecule has 1 aliphatic rings. The van der Waals surface area contributed by atoms with Gasteiger partial charge in [0.1, 0.15) is 5.82 Å². The summed E-state index contributed by atoms with van der Waals surface area (Å²) in [5, 5.41) is 14.7. The van der Waals surface area contributed by atoms with Gasteiger partial charge in [0.25, 0.3) is 0 Å². The number of anilines is 1. The molecule has 2 N–H and O–H groups in total. The van der Waals surface area contributed by atoms with E-state index in [4.69, 9.17) is 0 Å². The molecule has 3 aromatic heterocycles. The second-order valence-corrected chi connectivity index (χ2v) is 5.74. The van der Waals surface area contributed by atoms with E-state index in [1.54, 1.807) is 33.7 Å². The van der Waals surface area contributed by atoms with Crippen LogP contribution in [0.25, 0.3) is 5.65 Å². The van der Waals surface area contributed by atoms with Gasteiger partial charge < -0.3 is 10.6 Å². The summed E-state index contributed by atoms with van der Waals surface area (Å²) in [6.45, 7) is 1.43. The molecule has 0 unspecified atom stereocenters. The largest absolute Gasteiger partial charge is 0.315 e. The van der Waals surface area contributed by atoms with Crippen molar-refractivity contribution in [3.63, 3.8) is 0 Å². The number of nitrogens with zero attached hydrogens (tertiary/aromatic N) is 5. The third-order valence-electron chi connectivity index (χ3n) is 4.25. The lowest BCUT2D eigenvalue weighted by Crippen LogP contribution is -2.28. The van der Waals surface area contributed by atoms with Crippen molar-refractivity contribution in [2.24, 2.45) is 13.0 Å². The Morgan fingerprint density at radius 1 is 1.30 bits per heavy atom. The lowest BCUT2D eigenvalue weighted by Gasteiger charge is -2.17. The Labute approximate surface area is 132 Å². The van der Waals surface area contributed by atoms with E-state index < -0.39 is 0 Å². The van der Waals surface area contributed by atoms with E-state index in [0.717, 1.165) is 12.1 Å². The van der Waals surface area contributed by atoms with Crippen LogP contribution >= 0.6 is 0 Å². The van der Waals surface area contributed by atoms with Crippen molar-refractivity contribution in [3.8, 4) is 0 Å². The molecule has 0 saturated carbocycles. The fourth-order valence-electron chi connectivity index (χ4n) is 3.08. The first-order valence-electron chi connectivity index (χ1n) is 7.51. The van der Waals surface area contributed by atoms with Gasteiger partial charge in [0, 0.05) is 44.5 Å². The smallest absolute Gasteiger partial charge is 0.230 e.